The van der Waals surface area contributed by atoms with E-state index in [-0.39, 0.29) is 5.91 Å². The van der Waals surface area contributed by atoms with Crippen LogP contribution in [0.25, 0.3) is 0 Å². The Morgan fingerprint density at radius 3 is 2.69 bits per heavy atom. The highest BCUT2D eigenvalue weighted by atomic mass is 16.2. The summed E-state index contributed by atoms with van der Waals surface area (Å²) in [6, 6.07) is 10.7. The van der Waals surface area contributed by atoms with E-state index >= 15 is 0 Å². The number of likely N-dealkylation sites (N-methyl/N-ethyl adjacent to an activating group) is 1. The molecule has 0 aromatic heterocycles. The number of carbonyl (C=O) groups is 1. The van der Waals surface area contributed by atoms with E-state index in [0.29, 0.717) is 6.04 Å². The number of amides is 1. The lowest BCUT2D eigenvalue weighted by atomic mass is 10.2. The molecule has 2 rings (SSSR count). The van der Waals surface area contributed by atoms with E-state index < -0.39 is 0 Å². The first-order valence-electron chi connectivity index (χ1n) is 5.72. The van der Waals surface area contributed by atoms with Crippen LogP contribution in [-0.2, 0) is 4.79 Å². The van der Waals surface area contributed by atoms with Gasteiger partial charge in [-0.3, -0.25) is 4.79 Å². The Kier molecular flexibility index (Phi) is 3.13. The average molecular weight is 218 g/mol. The molecule has 0 bridgehead atoms. The standard InChI is InChI=1S/C13H18N2O/c1-11(16)14(2)13-8-9-15(10-13)12-6-4-3-5-7-12/h3-7,13H,8-10H2,1-2H3. The second kappa shape index (κ2) is 4.56. The first-order valence-corrected chi connectivity index (χ1v) is 5.72. The van der Waals surface area contributed by atoms with Gasteiger partial charge in [0.15, 0.2) is 0 Å². The topological polar surface area (TPSA) is 23.6 Å². The zero-order valence-electron chi connectivity index (χ0n) is 9.89. The Hall–Kier alpha value is -1.51. The molecule has 0 N–H and O–H groups in total. The fraction of sp³-hybridized carbons (Fsp3) is 0.462. The normalized spacial score (nSPS) is 19.9. The van der Waals surface area contributed by atoms with E-state index in [1.807, 2.05) is 18.0 Å². The molecule has 1 amide bonds. The van der Waals surface area contributed by atoms with Crippen LogP contribution in [0, 0.1) is 0 Å². The van der Waals surface area contributed by atoms with Crippen LogP contribution < -0.4 is 4.90 Å². The lowest BCUT2D eigenvalue weighted by Gasteiger charge is -2.24. The van der Waals surface area contributed by atoms with Crippen LogP contribution >= 0.6 is 0 Å². The van der Waals surface area contributed by atoms with Gasteiger partial charge < -0.3 is 9.80 Å². The van der Waals surface area contributed by atoms with Crippen LogP contribution in [0.2, 0.25) is 0 Å². The molecule has 3 nitrogen and oxygen atoms in total. The predicted molar refractivity (Wildman–Crippen MR) is 65.5 cm³/mol. The summed E-state index contributed by atoms with van der Waals surface area (Å²) in [6.07, 6.45) is 1.06. The van der Waals surface area contributed by atoms with Gasteiger partial charge in [0.2, 0.25) is 5.91 Å². The van der Waals surface area contributed by atoms with Crippen molar-refractivity contribution in [2.24, 2.45) is 0 Å². The molecule has 0 spiro atoms. The lowest BCUT2D eigenvalue weighted by molar-refractivity contribution is -0.129. The maximum Gasteiger partial charge on any atom is 0.219 e. The van der Waals surface area contributed by atoms with E-state index in [1.54, 1.807) is 6.92 Å². The summed E-state index contributed by atoms with van der Waals surface area (Å²) in [5, 5.41) is 0. The van der Waals surface area contributed by atoms with Crippen LogP contribution in [0.5, 0.6) is 0 Å². The first-order chi connectivity index (χ1) is 7.68. The summed E-state index contributed by atoms with van der Waals surface area (Å²) in [5.74, 6) is 0.153. The number of carbonyl (C=O) groups excluding carboxylic acids is 1. The van der Waals surface area contributed by atoms with Crippen molar-refractivity contribution in [1.29, 1.82) is 0 Å². The largest absolute Gasteiger partial charge is 0.369 e. The summed E-state index contributed by atoms with van der Waals surface area (Å²) in [5.41, 5.74) is 1.25. The fourth-order valence-corrected chi connectivity index (χ4v) is 2.19. The number of nitrogens with zero attached hydrogens (tertiary/aromatic N) is 2. The maximum absolute atomic E-state index is 11.3. The molecule has 0 aliphatic carbocycles. The Balaban J connectivity index is 2.01. The number of benzene rings is 1. The molecule has 0 saturated carbocycles. The molecule has 1 aliphatic heterocycles. The van der Waals surface area contributed by atoms with Crippen molar-refractivity contribution in [2.45, 2.75) is 19.4 Å². The molecule has 1 saturated heterocycles. The molecule has 1 fully saturated rings. The number of para-hydroxylation sites is 1. The second-order valence-electron chi connectivity index (χ2n) is 4.35. The lowest BCUT2D eigenvalue weighted by Crippen LogP contribution is -2.37. The Labute approximate surface area is 96.7 Å². The zero-order valence-corrected chi connectivity index (χ0v) is 9.89. The maximum atomic E-state index is 11.3. The molecule has 1 aliphatic rings. The molecule has 3 heteroatoms. The zero-order chi connectivity index (χ0) is 11.5. The van der Waals surface area contributed by atoms with Gasteiger partial charge in [-0.2, -0.15) is 0 Å². The molecule has 1 unspecified atom stereocenters. The van der Waals surface area contributed by atoms with Crippen molar-refractivity contribution in [3.05, 3.63) is 30.3 Å². The summed E-state index contributed by atoms with van der Waals surface area (Å²) in [4.78, 5) is 15.5. The van der Waals surface area contributed by atoms with Crippen molar-refractivity contribution in [2.75, 3.05) is 25.0 Å². The Morgan fingerprint density at radius 2 is 2.06 bits per heavy atom. The highest BCUT2D eigenvalue weighted by Gasteiger charge is 2.26. The van der Waals surface area contributed by atoms with E-state index in [2.05, 4.69) is 29.2 Å². The van der Waals surface area contributed by atoms with Gasteiger partial charge in [-0.15, -0.1) is 0 Å². The van der Waals surface area contributed by atoms with Crippen LogP contribution in [0.3, 0.4) is 0 Å². The van der Waals surface area contributed by atoms with Crippen molar-refractivity contribution in [3.8, 4) is 0 Å². The van der Waals surface area contributed by atoms with E-state index in [9.17, 15) is 4.79 Å². The van der Waals surface area contributed by atoms with E-state index in [0.717, 1.165) is 19.5 Å². The number of anilines is 1. The average Bonchev–Trinajstić information content (AvgIpc) is 2.78. The minimum atomic E-state index is 0.153. The van der Waals surface area contributed by atoms with Crippen molar-refractivity contribution >= 4 is 11.6 Å². The first kappa shape index (κ1) is 11.0. The molecule has 1 aromatic rings. The smallest absolute Gasteiger partial charge is 0.219 e. The van der Waals surface area contributed by atoms with Gasteiger partial charge in [-0.1, -0.05) is 18.2 Å². The SMILES string of the molecule is CC(=O)N(C)C1CCN(c2ccccc2)C1. The van der Waals surface area contributed by atoms with Crippen molar-refractivity contribution in [3.63, 3.8) is 0 Å². The summed E-state index contributed by atoms with van der Waals surface area (Å²) >= 11 is 0. The molecule has 1 heterocycles. The van der Waals surface area contributed by atoms with Gasteiger partial charge in [-0.25, -0.2) is 0 Å². The van der Waals surface area contributed by atoms with Crippen molar-refractivity contribution in [1.82, 2.24) is 4.90 Å². The van der Waals surface area contributed by atoms with Gasteiger partial charge in [0, 0.05) is 32.7 Å². The van der Waals surface area contributed by atoms with Gasteiger partial charge >= 0.3 is 0 Å². The monoisotopic (exact) mass is 218 g/mol. The third-order valence-corrected chi connectivity index (χ3v) is 3.33. The van der Waals surface area contributed by atoms with Crippen molar-refractivity contribution < 1.29 is 4.79 Å². The molecule has 1 atom stereocenters. The molecule has 86 valence electrons. The Bertz CT molecular complexity index is 363. The van der Waals surface area contributed by atoms with Gasteiger partial charge in [0.05, 0.1) is 6.04 Å². The molecular weight excluding hydrogens is 200 g/mol. The van der Waals surface area contributed by atoms with Gasteiger partial charge in [-0.05, 0) is 18.6 Å². The highest BCUT2D eigenvalue weighted by molar-refractivity contribution is 5.73. The van der Waals surface area contributed by atoms with E-state index in [4.69, 9.17) is 0 Å². The van der Waals surface area contributed by atoms with Crippen LogP contribution in [0.1, 0.15) is 13.3 Å². The Morgan fingerprint density at radius 1 is 1.38 bits per heavy atom. The predicted octanol–water partition coefficient (Wildman–Crippen LogP) is 1.74. The van der Waals surface area contributed by atoms with Crippen LogP contribution in [0.4, 0.5) is 5.69 Å². The van der Waals surface area contributed by atoms with Gasteiger partial charge in [0.25, 0.3) is 0 Å². The van der Waals surface area contributed by atoms with Gasteiger partial charge in [0.1, 0.15) is 0 Å². The molecule has 16 heavy (non-hydrogen) atoms. The fourth-order valence-electron chi connectivity index (χ4n) is 2.19. The number of hydrogen-bond donors (Lipinski definition) is 0. The quantitative estimate of drug-likeness (QED) is 0.755. The second-order valence-corrected chi connectivity index (χ2v) is 4.35. The van der Waals surface area contributed by atoms with Crippen LogP contribution in [-0.4, -0.2) is 37.0 Å². The highest BCUT2D eigenvalue weighted by Crippen LogP contribution is 2.21. The van der Waals surface area contributed by atoms with Crippen LogP contribution in [0.15, 0.2) is 30.3 Å². The summed E-state index contributed by atoms with van der Waals surface area (Å²) in [6.45, 7) is 3.61. The number of rotatable bonds is 2. The minimum Gasteiger partial charge on any atom is -0.369 e. The molecular formula is C13H18N2O. The minimum absolute atomic E-state index is 0.153. The van der Waals surface area contributed by atoms with E-state index in [1.165, 1.54) is 5.69 Å². The summed E-state index contributed by atoms with van der Waals surface area (Å²) < 4.78 is 0. The third-order valence-electron chi connectivity index (χ3n) is 3.33. The summed E-state index contributed by atoms with van der Waals surface area (Å²) in [7, 11) is 1.89. The molecule has 1 aromatic carbocycles. The number of hydrogen-bond acceptors (Lipinski definition) is 2. The third kappa shape index (κ3) is 2.18. The molecule has 0 radical (unpaired) electrons.